The summed E-state index contributed by atoms with van der Waals surface area (Å²) in [5, 5.41) is 5.15. The van der Waals surface area contributed by atoms with Gasteiger partial charge in [0.2, 0.25) is 0 Å². The Morgan fingerprint density at radius 1 is 1.13 bits per heavy atom. The van der Waals surface area contributed by atoms with Gasteiger partial charge in [0, 0.05) is 24.4 Å². The van der Waals surface area contributed by atoms with Crippen LogP contribution in [0.15, 0.2) is 51.7 Å². The summed E-state index contributed by atoms with van der Waals surface area (Å²) in [5.74, 6) is 0.327. The van der Waals surface area contributed by atoms with Crippen molar-refractivity contribution in [1.82, 2.24) is 5.32 Å². The Balaban J connectivity index is 1.35. The van der Waals surface area contributed by atoms with Gasteiger partial charge in [-0.3, -0.25) is 4.79 Å². The van der Waals surface area contributed by atoms with Crippen molar-refractivity contribution in [3.8, 4) is 5.75 Å². The summed E-state index contributed by atoms with van der Waals surface area (Å²) in [7, 11) is 0. The van der Waals surface area contributed by atoms with E-state index >= 15 is 0 Å². The molecular formula is C23H27N2O5+. The van der Waals surface area contributed by atoms with E-state index in [2.05, 4.69) is 5.32 Å². The van der Waals surface area contributed by atoms with Crippen molar-refractivity contribution < 1.29 is 23.6 Å². The summed E-state index contributed by atoms with van der Waals surface area (Å²) in [6, 6.07) is 12.6. The third-order valence-corrected chi connectivity index (χ3v) is 5.48. The molecule has 0 spiro atoms. The van der Waals surface area contributed by atoms with E-state index in [0.717, 1.165) is 50.0 Å². The number of carbonyl (C=O) groups excluding carboxylic acids is 1. The highest BCUT2D eigenvalue weighted by molar-refractivity contribution is 6.04. The van der Waals surface area contributed by atoms with Crippen molar-refractivity contribution in [3.05, 3.63) is 52.9 Å². The Morgan fingerprint density at radius 3 is 2.70 bits per heavy atom. The van der Waals surface area contributed by atoms with E-state index in [1.54, 1.807) is 25.1 Å². The van der Waals surface area contributed by atoms with Crippen molar-refractivity contribution in [1.29, 1.82) is 0 Å². The van der Waals surface area contributed by atoms with Crippen molar-refractivity contribution >= 4 is 27.6 Å². The van der Waals surface area contributed by atoms with E-state index in [1.165, 1.54) is 4.90 Å². The Morgan fingerprint density at radius 2 is 1.90 bits per heavy atom. The lowest BCUT2D eigenvalue weighted by Gasteiger charge is -2.23. The second-order valence-corrected chi connectivity index (χ2v) is 7.61. The van der Waals surface area contributed by atoms with Crippen LogP contribution in [-0.2, 0) is 9.53 Å². The number of rotatable bonds is 7. The molecule has 158 valence electrons. The average Bonchev–Trinajstić information content (AvgIpc) is 2.77. The monoisotopic (exact) mass is 411 g/mol. The summed E-state index contributed by atoms with van der Waals surface area (Å²) in [5.41, 5.74) is 0.0562. The van der Waals surface area contributed by atoms with Gasteiger partial charge in [-0.15, -0.1) is 0 Å². The normalized spacial score (nSPS) is 15.9. The minimum absolute atomic E-state index is 0.160. The number of amides is 1. The van der Waals surface area contributed by atoms with Crippen LogP contribution in [-0.4, -0.2) is 51.4 Å². The largest absolute Gasteiger partial charge is 0.481 e. The predicted molar refractivity (Wildman–Crippen MR) is 114 cm³/mol. The van der Waals surface area contributed by atoms with E-state index in [9.17, 15) is 9.59 Å². The van der Waals surface area contributed by atoms with Crippen LogP contribution in [0.2, 0.25) is 0 Å². The molecule has 0 saturated carbocycles. The van der Waals surface area contributed by atoms with Gasteiger partial charge < -0.3 is 24.1 Å². The van der Waals surface area contributed by atoms with Crippen LogP contribution in [0, 0.1) is 0 Å². The molecule has 1 aliphatic heterocycles. The number of ether oxygens (including phenoxy) is 2. The Bertz CT molecular complexity index is 1090. The molecule has 2 heterocycles. The van der Waals surface area contributed by atoms with Crippen LogP contribution in [0.4, 0.5) is 0 Å². The Hall–Kier alpha value is -2.90. The quantitative estimate of drug-likeness (QED) is 0.346. The van der Waals surface area contributed by atoms with Gasteiger partial charge in [0.05, 0.1) is 25.1 Å². The lowest BCUT2D eigenvalue weighted by Crippen LogP contribution is -3.14. The van der Waals surface area contributed by atoms with Crippen LogP contribution in [0.3, 0.4) is 0 Å². The number of fused-ring (bicyclic) bond motifs is 3. The number of hydrogen-bond acceptors (Lipinski definition) is 5. The van der Waals surface area contributed by atoms with E-state index < -0.39 is 6.10 Å². The maximum atomic E-state index is 12.4. The number of quaternary nitrogens is 1. The van der Waals surface area contributed by atoms with Crippen molar-refractivity contribution in [2.75, 3.05) is 39.4 Å². The molecule has 2 N–H and O–H groups in total. The van der Waals surface area contributed by atoms with E-state index in [0.29, 0.717) is 23.3 Å². The van der Waals surface area contributed by atoms with Gasteiger partial charge in [-0.1, -0.05) is 18.2 Å². The molecule has 7 heteroatoms. The number of carbonyl (C=O) groups is 1. The minimum atomic E-state index is -0.648. The van der Waals surface area contributed by atoms with Gasteiger partial charge in [0.15, 0.2) is 6.10 Å². The second-order valence-electron chi connectivity index (χ2n) is 7.61. The summed E-state index contributed by atoms with van der Waals surface area (Å²) in [6.45, 7) is 7.04. The highest BCUT2D eigenvalue weighted by atomic mass is 16.5. The van der Waals surface area contributed by atoms with E-state index in [4.69, 9.17) is 13.9 Å². The molecule has 0 radical (unpaired) electrons. The molecule has 7 nitrogen and oxygen atoms in total. The number of nitrogens with one attached hydrogen (secondary N) is 2. The van der Waals surface area contributed by atoms with Gasteiger partial charge in [-0.2, -0.15) is 0 Å². The Kier molecular flexibility index (Phi) is 6.30. The molecule has 30 heavy (non-hydrogen) atoms. The number of hydrogen-bond donors (Lipinski definition) is 2. The zero-order chi connectivity index (χ0) is 20.9. The smallest absolute Gasteiger partial charge is 0.344 e. The highest BCUT2D eigenvalue weighted by Crippen LogP contribution is 2.26. The molecule has 0 aliphatic carbocycles. The topological polar surface area (TPSA) is 82.2 Å². The fourth-order valence-electron chi connectivity index (χ4n) is 3.80. The summed E-state index contributed by atoms with van der Waals surface area (Å²) >= 11 is 0. The molecule has 2 aromatic carbocycles. The Labute approximate surface area is 174 Å². The molecular weight excluding hydrogens is 384 g/mol. The lowest BCUT2D eigenvalue weighted by atomic mass is 10.1. The SMILES string of the molecule is C[C@H](Oc1ccc2c(c1)oc(=O)c1ccccc12)C(=O)NCCC[NH+]1CCOCC1. The molecule has 0 bridgehead atoms. The fourth-order valence-corrected chi connectivity index (χ4v) is 3.80. The van der Waals surface area contributed by atoms with Gasteiger partial charge in [-0.05, 0) is 30.5 Å². The highest BCUT2D eigenvalue weighted by Gasteiger charge is 2.17. The zero-order valence-electron chi connectivity index (χ0n) is 17.1. The summed E-state index contributed by atoms with van der Waals surface area (Å²) in [6.07, 6.45) is 0.271. The van der Waals surface area contributed by atoms with Crippen LogP contribution in [0.25, 0.3) is 21.7 Å². The van der Waals surface area contributed by atoms with Crippen LogP contribution < -0.4 is 20.6 Å². The van der Waals surface area contributed by atoms with Crippen molar-refractivity contribution in [2.24, 2.45) is 0 Å². The molecule has 1 fully saturated rings. The maximum absolute atomic E-state index is 12.4. The fraction of sp³-hybridized carbons (Fsp3) is 0.391. The predicted octanol–water partition coefficient (Wildman–Crippen LogP) is 1.13. The molecule has 1 amide bonds. The van der Waals surface area contributed by atoms with E-state index in [1.807, 2.05) is 24.3 Å². The molecule has 1 saturated heterocycles. The zero-order valence-corrected chi connectivity index (χ0v) is 17.1. The van der Waals surface area contributed by atoms with Crippen LogP contribution in [0.1, 0.15) is 13.3 Å². The van der Waals surface area contributed by atoms with Crippen molar-refractivity contribution in [2.45, 2.75) is 19.4 Å². The molecule has 3 aromatic rings. The first kappa shape index (κ1) is 20.4. The molecule has 1 aromatic heterocycles. The van der Waals surface area contributed by atoms with Crippen LogP contribution in [0.5, 0.6) is 5.75 Å². The molecule has 4 rings (SSSR count). The van der Waals surface area contributed by atoms with Crippen LogP contribution >= 0.6 is 0 Å². The van der Waals surface area contributed by atoms with Crippen molar-refractivity contribution in [3.63, 3.8) is 0 Å². The first-order valence-corrected chi connectivity index (χ1v) is 10.4. The standard InChI is InChI=1S/C23H26N2O5/c1-16(22(26)24-9-4-10-25-11-13-28-14-12-25)29-17-7-8-19-18-5-2-3-6-20(18)23(27)30-21(19)15-17/h2-3,5-8,15-16H,4,9-14H2,1H3,(H,24,26)/p+1/t16-/m0/s1. The van der Waals surface area contributed by atoms with Gasteiger partial charge >= 0.3 is 5.63 Å². The molecule has 1 atom stereocenters. The van der Waals surface area contributed by atoms with Gasteiger partial charge in [-0.25, -0.2) is 4.79 Å². The third kappa shape index (κ3) is 4.63. The average molecular weight is 411 g/mol. The summed E-state index contributed by atoms with van der Waals surface area (Å²) < 4.78 is 16.6. The number of morpholine rings is 1. The summed E-state index contributed by atoms with van der Waals surface area (Å²) in [4.78, 5) is 26.1. The maximum Gasteiger partial charge on any atom is 0.344 e. The minimum Gasteiger partial charge on any atom is -0.481 e. The number of benzene rings is 2. The lowest BCUT2D eigenvalue weighted by molar-refractivity contribution is -0.908. The van der Waals surface area contributed by atoms with Gasteiger partial charge in [0.25, 0.3) is 5.91 Å². The first-order valence-electron chi connectivity index (χ1n) is 10.4. The molecule has 1 aliphatic rings. The van der Waals surface area contributed by atoms with E-state index in [-0.39, 0.29) is 11.5 Å². The third-order valence-electron chi connectivity index (χ3n) is 5.48. The second kappa shape index (κ2) is 9.28. The van der Waals surface area contributed by atoms with Gasteiger partial charge in [0.1, 0.15) is 24.4 Å². The first-order chi connectivity index (χ1) is 14.6. The molecule has 0 unspecified atom stereocenters.